The monoisotopic (exact) mass is 257 g/mol. The second kappa shape index (κ2) is 5.80. The molecule has 0 amide bonds. The summed E-state index contributed by atoms with van der Waals surface area (Å²) in [6.45, 7) is 1.89. The number of aryl methyl sites for hydroxylation is 1. The SMILES string of the molecule is CC(C(=O)Cc1cnn(C)c1)C(N)c1ccccc1. The van der Waals surface area contributed by atoms with E-state index >= 15 is 0 Å². The molecule has 0 bridgehead atoms. The van der Waals surface area contributed by atoms with Gasteiger partial charge in [0, 0.05) is 31.6 Å². The molecule has 2 rings (SSSR count). The Kier molecular flexibility index (Phi) is 4.12. The molecular formula is C15H19N3O. The molecule has 4 heteroatoms. The summed E-state index contributed by atoms with van der Waals surface area (Å²) in [5.74, 6) is -0.0630. The Morgan fingerprint density at radius 3 is 2.63 bits per heavy atom. The molecule has 0 saturated heterocycles. The van der Waals surface area contributed by atoms with Crippen LogP contribution in [0.15, 0.2) is 42.7 Å². The van der Waals surface area contributed by atoms with Crippen LogP contribution in [0.2, 0.25) is 0 Å². The summed E-state index contributed by atoms with van der Waals surface area (Å²) in [7, 11) is 1.84. The van der Waals surface area contributed by atoms with E-state index in [0.717, 1.165) is 11.1 Å². The number of Topliss-reactive ketones (excluding diaryl/α,β-unsaturated/α-hetero) is 1. The fraction of sp³-hybridized carbons (Fsp3) is 0.333. The molecule has 2 N–H and O–H groups in total. The summed E-state index contributed by atoms with van der Waals surface area (Å²) in [5.41, 5.74) is 8.08. The molecule has 0 aliphatic heterocycles. The van der Waals surface area contributed by atoms with E-state index in [1.54, 1.807) is 10.9 Å². The molecule has 0 aliphatic carbocycles. The second-order valence-corrected chi connectivity index (χ2v) is 4.89. The van der Waals surface area contributed by atoms with Crippen LogP contribution >= 0.6 is 0 Å². The molecule has 100 valence electrons. The van der Waals surface area contributed by atoms with Gasteiger partial charge in [-0.15, -0.1) is 0 Å². The molecule has 0 fully saturated rings. The highest BCUT2D eigenvalue weighted by molar-refractivity contribution is 5.83. The first-order chi connectivity index (χ1) is 9.08. The van der Waals surface area contributed by atoms with Crippen LogP contribution in [-0.2, 0) is 18.3 Å². The number of nitrogens with zero attached hydrogens (tertiary/aromatic N) is 2. The molecule has 2 unspecified atom stereocenters. The first-order valence-corrected chi connectivity index (χ1v) is 6.38. The van der Waals surface area contributed by atoms with Gasteiger partial charge in [0.2, 0.25) is 0 Å². The van der Waals surface area contributed by atoms with Gasteiger partial charge in [-0.3, -0.25) is 9.48 Å². The van der Waals surface area contributed by atoms with Gasteiger partial charge in [-0.1, -0.05) is 37.3 Å². The first kappa shape index (κ1) is 13.5. The minimum atomic E-state index is -0.259. The zero-order valence-corrected chi connectivity index (χ0v) is 11.3. The van der Waals surface area contributed by atoms with Crippen molar-refractivity contribution >= 4 is 5.78 Å². The number of aromatic nitrogens is 2. The number of benzene rings is 1. The zero-order chi connectivity index (χ0) is 13.8. The highest BCUT2D eigenvalue weighted by Crippen LogP contribution is 2.21. The van der Waals surface area contributed by atoms with Crippen LogP contribution in [0.5, 0.6) is 0 Å². The van der Waals surface area contributed by atoms with Crippen molar-refractivity contribution in [2.24, 2.45) is 18.7 Å². The third kappa shape index (κ3) is 3.29. The Bertz CT molecular complexity index is 548. The van der Waals surface area contributed by atoms with Gasteiger partial charge in [0.05, 0.1) is 6.20 Å². The van der Waals surface area contributed by atoms with Gasteiger partial charge in [-0.25, -0.2) is 0 Å². The molecule has 0 radical (unpaired) electrons. The molecular weight excluding hydrogens is 238 g/mol. The minimum Gasteiger partial charge on any atom is -0.323 e. The van der Waals surface area contributed by atoms with E-state index in [0.29, 0.717) is 6.42 Å². The highest BCUT2D eigenvalue weighted by Gasteiger charge is 2.22. The van der Waals surface area contributed by atoms with Crippen molar-refractivity contribution in [1.29, 1.82) is 0 Å². The van der Waals surface area contributed by atoms with Gasteiger partial charge in [0.15, 0.2) is 0 Å². The van der Waals surface area contributed by atoms with E-state index in [4.69, 9.17) is 5.73 Å². The molecule has 0 saturated carbocycles. The van der Waals surface area contributed by atoms with Crippen LogP contribution in [0.3, 0.4) is 0 Å². The van der Waals surface area contributed by atoms with E-state index in [9.17, 15) is 4.79 Å². The lowest BCUT2D eigenvalue weighted by Crippen LogP contribution is -2.27. The number of ketones is 1. The van der Waals surface area contributed by atoms with Crippen molar-refractivity contribution in [3.05, 3.63) is 53.9 Å². The summed E-state index contributed by atoms with van der Waals surface area (Å²) in [4.78, 5) is 12.2. The van der Waals surface area contributed by atoms with Crippen molar-refractivity contribution < 1.29 is 4.79 Å². The smallest absolute Gasteiger partial charge is 0.142 e. The lowest BCUT2D eigenvalue weighted by molar-refractivity contribution is -0.122. The molecule has 0 aliphatic rings. The Hall–Kier alpha value is -1.94. The lowest BCUT2D eigenvalue weighted by atomic mass is 9.89. The second-order valence-electron chi connectivity index (χ2n) is 4.89. The molecule has 2 atom stereocenters. The zero-order valence-electron chi connectivity index (χ0n) is 11.3. The van der Waals surface area contributed by atoms with Crippen LogP contribution in [0.1, 0.15) is 24.1 Å². The molecule has 1 aromatic carbocycles. The van der Waals surface area contributed by atoms with E-state index in [-0.39, 0.29) is 17.7 Å². The number of rotatable bonds is 5. The van der Waals surface area contributed by atoms with Crippen molar-refractivity contribution in [3.63, 3.8) is 0 Å². The summed E-state index contributed by atoms with van der Waals surface area (Å²) in [6, 6.07) is 9.47. The van der Waals surface area contributed by atoms with Gasteiger partial charge in [-0.2, -0.15) is 5.10 Å². The highest BCUT2D eigenvalue weighted by atomic mass is 16.1. The maximum Gasteiger partial charge on any atom is 0.142 e. The van der Waals surface area contributed by atoms with Crippen LogP contribution < -0.4 is 5.73 Å². The summed E-state index contributed by atoms with van der Waals surface area (Å²) in [5, 5.41) is 4.07. The number of carbonyl (C=O) groups is 1. The quantitative estimate of drug-likeness (QED) is 0.889. The Labute approximate surface area is 113 Å². The van der Waals surface area contributed by atoms with Crippen LogP contribution in [0.25, 0.3) is 0 Å². The third-order valence-electron chi connectivity index (χ3n) is 3.37. The Morgan fingerprint density at radius 1 is 1.37 bits per heavy atom. The van der Waals surface area contributed by atoms with E-state index in [2.05, 4.69) is 5.10 Å². The summed E-state index contributed by atoms with van der Waals surface area (Å²) in [6.07, 6.45) is 3.97. The van der Waals surface area contributed by atoms with E-state index < -0.39 is 0 Å². The van der Waals surface area contributed by atoms with Crippen molar-refractivity contribution in [1.82, 2.24) is 9.78 Å². The number of hydrogen-bond donors (Lipinski definition) is 1. The standard InChI is InChI=1S/C15H19N3O/c1-11(15(16)13-6-4-3-5-7-13)14(19)8-12-9-17-18(2)10-12/h3-7,9-11,15H,8,16H2,1-2H3. The van der Waals surface area contributed by atoms with Gasteiger partial charge >= 0.3 is 0 Å². The lowest BCUT2D eigenvalue weighted by Gasteiger charge is -2.18. The predicted octanol–water partition coefficient (Wildman–Crippen LogP) is 1.87. The molecule has 1 aromatic heterocycles. The van der Waals surface area contributed by atoms with E-state index in [1.807, 2.05) is 50.5 Å². The van der Waals surface area contributed by atoms with Crippen LogP contribution in [0, 0.1) is 5.92 Å². The maximum absolute atomic E-state index is 12.2. The fourth-order valence-corrected chi connectivity index (χ4v) is 2.09. The average molecular weight is 257 g/mol. The summed E-state index contributed by atoms with van der Waals surface area (Å²) >= 11 is 0. The maximum atomic E-state index is 12.2. The summed E-state index contributed by atoms with van der Waals surface area (Å²) < 4.78 is 1.70. The fourth-order valence-electron chi connectivity index (χ4n) is 2.09. The van der Waals surface area contributed by atoms with Crippen LogP contribution in [-0.4, -0.2) is 15.6 Å². The first-order valence-electron chi connectivity index (χ1n) is 6.38. The predicted molar refractivity (Wildman–Crippen MR) is 74.5 cm³/mol. The molecule has 19 heavy (non-hydrogen) atoms. The minimum absolute atomic E-state index is 0.143. The Balaban J connectivity index is 2.03. The van der Waals surface area contributed by atoms with E-state index in [1.165, 1.54) is 0 Å². The van der Waals surface area contributed by atoms with Crippen molar-refractivity contribution in [2.45, 2.75) is 19.4 Å². The van der Waals surface area contributed by atoms with Gasteiger partial charge < -0.3 is 5.73 Å². The molecule has 1 heterocycles. The van der Waals surface area contributed by atoms with Gasteiger partial charge in [0.1, 0.15) is 5.78 Å². The van der Waals surface area contributed by atoms with Crippen molar-refractivity contribution in [2.75, 3.05) is 0 Å². The average Bonchev–Trinajstić information content (AvgIpc) is 2.83. The third-order valence-corrected chi connectivity index (χ3v) is 3.37. The van der Waals surface area contributed by atoms with Crippen molar-refractivity contribution in [3.8, 4) is 0 Å². The van der Waals surface area contributed by atoms with Crippen LogP contribution in [0.4, 0.5) is 0 Å². The van der Waals surface area contributed by atoms with Gasteiger partial charge in [0.25, 0.3) is 0 Å². The van der Waals surface area contributed by atoms with Gasteiger partial charge in [-0.05, 0) is 11.1 Å². The number of nitrogens with two attached hydrogens (primary N) is 1. The molecule has 4 nitrogen and oxygen atoms in total. The largest absolute Gasteiger partial charge is 0.323 e. The number of hydrogen-bond acceptors (Lipinski definition) is 3. The Morgan fingerprint density at radius 2 is 2.05 bits per heavy atom. The number of carbonyl (C=O) groups excluding carboxylic acids is 1. The molecule has 2 aromatic rings. The normalized spacial score (nSPS) is 14.1. The molecule has 0 spiro atoms. The topological polar surface area (TPSA) is 60.9 Å².